The number of aliphatic hydroxyl groups is 1. The van der Waals surface area contributed by atoms with E-state index in [9.17, 15) is 19.4 Å². The maximum absolute atomic E-state index is 13.0. The predicted octanol–water partition coefficient (Wildman–Crippen LogP) is 17.2. The molecular formula is C57H114N2O6P+. The predicted molar refractivity (Wildman–Crippen MR) is 286 cm³/mol. The lowest BCUT2D eigenvalue weighted by Gasteiger charge is -2.25. The third-order valence-electron chi connectivity index (χ3n) is 13.2. The number of phosphoric ester groups is 1. The molecule has 0 aromatic rings. The van der Waals surface area contributed by atoms with E-state index in [0.717, 1.165) is 38.5 Å². The van der Waals surface area contributed by atoms with E-state index >= 15 is 0 Å². The number of rotatable bonds is 53. The number of quaternary nitrogens is 1. The van der Waals surface area contributed by atoms with Gasteiger partial charge in [0.25, 0.3) is 0 Å². The van der Waals surface area contributed by atoms with E-state index in [2.05, 4.69) is 31.3 Å². The van der Waals surface area contributed by atoms with Gasteiger partial charge in [0, 0.05) is 6.42 Å². The third kappa shape index (κ3) is 50.8. The lowest BCUT2D eigenvalue weighted by molar-refractivity contribution is -0.870. The van der Waals surface area contributed by atoms with Gasteiger partial charge in [-0.15, -0.1) is 0 Å². The highest BCUT2D eigenvalue weighted by molar-refractivity contribution is 7.47. The molecule has 0 bridgehead atoms. The normalized spacial score (nSPS) is 14.1. The van der Waals surface area contributed by atoms with Crippen LogP contribution < -0.4 is 5.32 Å². The van der Waals surface area contributed by atoms with Crippen LogP contribution in [0.15, 0.2) is 24.3 Å². The number of carbonyl (C=O) groups excluding carboxylic acids is 1. The third-order valence-corrected chi connectivity index (χ3v) is 14.1. The molecule has 0 aliphatic carbocycles. The number of nitrogens with zero attached hydrogens (tertiary/aromatic N) is 1. The van der Waals surface area contributed by atoms with Crippen LogP contribution in [-0.4, -0.2) is 73.4 Å². The number of hydrogen-bond acceptors (Lipinski definition) is 5. The van der Waals surface area contributed by atoms with Gasteiger partial charge in [0.15, 0.2) is 0 Å². The van der Waals surface area contributed by atoms with Crippen molar-refractivity contribution in [2.75, 3.05) is 40.9 Å². The number of nitrogens with one attached hydrogen (secondary N) is 1. The first-order chi connectivity index (χ1) is 32.0. The van der Waals surface area contributed by atoms with Crippen LogP contribution in [0.4, 0.5) is 0 Å². The highest BCUT2D eigenvalue weighted by Crippen LogP contribution is 2.43. The molecular weight excluding hydrogens is 840 g/mol. The molecule has 0 aromatic heterocycles. The summed E-state index contributed by atoms with van der Waals surface area (Å²) in [6.07, 6.45) is 61.3. The fourth-order valence-corrected chi connectivity index (χ4v) is 9.36. The lowest BCUT2D eigenvalue weighted by atomic mass is 10.0. The second-order valence-corrected chi connectivity index (χ2v) is 22.5. The van der Waals surface area contributed by atoms with Crippen LogP contribution in [0.3, 0.4) is 0 Å². The summed E-state index contributed by atoms with van der Waals surface area (Å²) in [6, 6.07) is -0.847. The molecule has 0 rings (SSSR count). The summed E-state index contributed by atoms with van der Waals surface area (Å²) in [5.74, 6) is -0.177. The molecule has 0 aliphatic rings. The van der Waals surface area contributed by atoms with Crippen molar-refractivity contribution in [2.45, 2.75) is 296 Å². The van der Waals surface area contributed by atoms with E-state index in [1.165, 1.54) is 225 Å². The molecule has 1 amide bonds. The zero-order chi connectivity index (χ0) is 48.5. The maximum Gasteiger partial charge on any atom is 0.472 e. The Morgan fingerprint density at radius 1 is 0.500 bits per heavy atom. The molecule has 3 unspecified atom stereocenters. The Bertz CT molecular complexity index is 1130. The average molecular weight is 955 g/mol. The molecule has 0 aromatic carbocycles. The quantitative estimate of drug-likeness (QED) is 0.0243. The molecule has 66 heavy (non-hydrogen) atoms. The molecule has 8 nitrogen and oxygen atoms in total. The van der Waals surface area contributed by atoms with Gasteiger partial charge in [-0.05, 0) is 44.9 Å². The van der Waals surface area contributed by atoms with Crippen LogP contribution in [0.5, 0.6) is 0 Å². The number of amides is 1. The molecule has 392 valence electrons. The van der Waals surface area contributed by atoms with E-state index in [1.807, 2.05) is 27.2 Å². The first-order valence-electron chi connectivity index (χ1n) is 28.7. The number of likely N-dealkylation sites (N-methyl/N-ethyl adjacent to an activating group) is 1. The van der Waals surface area contributed by atoms with Crippen molar-refractivity contribution in [3.63, 3.8) is 0 Å². The summed E-state index contributed by atoms with van der Waals surface area (Å²) in [5, 5.41) is 13.9. The van der Waals surface area contributed by atoms with Gasteiger partial charge in [-0.3, -0.25) is 13.8 Å². The maximum atomic E-state index is 13.0. The van der Waals surface area contributed by atoms with Crippen LogP contribution in [0.25, 0.3) is 0 Å². The summed E-state index contributed by atoms with van der Waals surface area (Å²) < 4.78 is 23.7. The highest BCUT2D eigenvalue weighted by Gasteiger charge is 2.27. The Morgan fingerprint density at radius 2 is 0.818 bits per heavy atom. The van der Waals surface area contributed by atoms with Crippen LogP contribution >= 0.6 is 7.82 Å². The van der Waals surface area contributed by atoms with E-state index < -0.39 is 20.0 Å². The minimum Gasteiger partial charge on any atom is -0.387 e. The molecule has 0 heterocycles. The largest absolute Gasteiger partial charge is 0.472 e. The van der Waals surface area contributed by atoms with E-state index in [1.54, 1.807) is 6.08 Å². The van der Waals surface area contributed by atoms with Gasteiger partial charge in [-0.25, -0.2) is 4.57 Å². The number of hydrogen-bond donors (Lipinski definition) is 3. The van der Waals surface area contributed by atoms with Crippen LogP contribution in [0, 0.1) is 0 Å². The first kappa shape index (κ1) is 65.0. The van der Waals surface area contributed by atoms with Crippen molar-refractivity contribution in [3.05, 3.63) is 24.3 Å². The number of aliphatic hydroxyl groups excluding tert-OH is 1. The van der Waals surface area contributed by atoms with Crippen LogP contribution in [-0.2, 0) is 18.4 Å². The van der Waals surface area contributed by atoms with Gasteiger partial charge in [-0.1, -0.05) is 256 Å². The fourth-order valence-electron chi connectivity index (χ4n) is 8.63. The molecule has 0 spiro atoms. The monoisotopic (exact) mass is 954 g/mol. The Hall–Kier alpha value is -1.02. The summed E-state index contributed by atoms with van der Waals surface area (Å²) in [4.78, 5) is 23.3. The molecule has 0 aliphatic heterocycles. The van der Waals surface area contributed by atoms with Gasteiger partial charge in [-0.2, -0.15) is 0 Å². The van der Waals surface area contributed by atoms with Crippen molar-refractivity contribution in [2.24, 2.45) is 0 Å². The second kappa shape index (κ2) is 49.0. The smallest absolute Gasteiger partial charge is 0.387 e. The highest BCUT2D eigenvalue weighted by atomic mass is 31.2. The van der Waals surface area contributed by atoms with Crippen LogP contribution in [0.1, 0.15) is 284 Å². The van der Waals surface area contributed by atoms with Crippen LogP contribution in [0.2, 0.25) is 0 Å². The van der Waals surface area contributed by atoms with Gasteiger partial charge < -0.3 is 19.8 Å². The molecule has 0 saturated carbocycles. The van der Waals surface area contributed by atoms with Crippen molar-refractivity contribution in [1.82, 2.24) is 5.32 Å². The van der Waals surface area contributed by atoms with E-state index in [0.29, 0.717) is 17.4 Å². The van der Waals surface area contributed by atoms with Crippen molar-refractivity contribution in [3.8, 4) is 0 Å². The van der Waals surface area contributed by atoms with E-state index in [-0.39, 0.29) is 19.1 Å². The Labute approximate surface area is 411 Å². The zero-order valence-electron chi connectivity index (χ0n) is 44.7. The number of unbranched alkanes of at least 4 members (excludes halogenated alkanes) is 38. The number of carbonyl (C=O) groups is 1. The molecule has 3 atom stereocenters. The lowest BCUT2D eigenvalue weighted by Crippen LogP contribution is -2.45. The molecule has 0 radical (unpaired) electrons. The number of allylic oxidation sites excluding steroid dienone is 3. The van der Waals surface area contributed by atoms with Gasteiger partial charge in [0.1, 0.15) is 13.2 Å². The average Bonchev–Trinajstić information content (AvgIpc) is 3.28. The standard InChI is InChI=1S/C57H113N2O6P/c1-6-8-10-12-14-16-18-20-22-24-26-27-28-29-30-31-33-34-36-38-40-42-44-46-48-50-56(60)55(54-65-66(62,63)64-53-52-59(3,4)5)58-57(61)51-49-47-45-43-41-39-37-35-32-25-23-21-19-17-15-13-11-9-7-2/h25,32,48,50,55-56,60H,6-24,26-31,33-47,49,51-54H2,1-5H3,(H-,58,61,62,63)/p+1/b32-25-,50-48+. The fraction of sp³-hybridized carbons (Fsp3) is 0.912. The molecule has 0 saturated heterocycles. The SMILES string of the molecule is CCCCCCCCCC/C=C\CCCCCCCCCC(=O)NC(COP(=O)(O)OCC[N+](C)(C)C)C(O)/C=C/CCCCCCCCCCCCCCCCCCCCCCCCC. The summed E-state index contributed by atoms with van der Waals surface area (Å²) in [5.41, 5.74) is 0. The Morgan fingerprint density at radius 3 is 1.17 bits per heavy atom. The van der Waals surface area contributed by atoms with E-state index in [4.69, 9.17) is 9.05 Å². The molecule has 0 fully saturated rings. The minimum atomic E-state index is -4.35. The number of phosphoric acid groups is 1. The molecule has 3 N–H and O–H groups in total. The van der Waals surface area contributed by atoms with Gasteiger partial charge in [0.2, 0.25) is 5.91 Å². The van der Waals surface area contributed by atoms with Gasteiger partial charge in [0.05, 0.1) is 39.9 Å². The van der Waals surface area contributed by atoms with Crippen molar-refractivity contribution in [1.29, 1.82) is 0 Å². The summed E-state index contributed by atoms with van der Waals surface area (Å²) in [6.45, 7) is 4.85. The van der Waals surface area contributed by atoms with Gasteiger partial charge >= 0.3 is 7.82 Å². The summed E-state index contributed by atoms with van der Waals surface area (Å²) in [7, 11) is 1.58. The zero-order valence-corrected chi connectivity index (χ0v) is 45.6. The first-order valence-corrected chi connectivity index (χ1v) is 30.2. The summed E-state index contributed by atoms with van der Waals surface area (Å²) >= 11 is 0. The molecule has 9 heteroatoms. The van der Waals surface area contributed by atoms with Crippen molar-refractivity contribution < 1.29 is 32.9 Å². The minimum absolute atomic E-state index is 0.0623. The Kier molecular flexibility index (Phi) is 48.2. The van der Waals surface area contributed by atoms with Crippen molar-refractivity contribution >= 4 is 13.7 Å². The topological polar surface area (TPSA) is 105 Å². The Balaban J connectivity index is 4.21. The second-order valence-electron chi connectivity index (χ2n) is 21.0.